The molecule has 3 nitrogen and oxygen atoms in total. The fourth-order valence-electron chi connectivity index (χ4n) is 2.33. The Morgan fingerprint density at radius 1 is 1.21 bits per heavy atom. The standard InChI is InChI=1S/C15H14N2OS/c1-9-15(19-10(2)17-9)14(18)13-5-3-4-11-8-16-7-6-12(11)13/h3-8,14,18H,1-2H3. The largest absolute Gasteiger partial charge is 0.383 e. The Hall–Kier alpha value is -1.78. The Bertz CT molecular complexity index is 731. The molecule has 1 atom stereocenters. The van der Waals surface area contributed by atoms with Crippen LogP contribution in [0.25, 0.3) is 10.8 Å². The van der Waals surface area contributed by atoms with E-state index in [4.69, 9.17) is 0 Å². The van der Waals surface area contributed by atoms with E-state index in [2.05, 4.69) is 9.97 Å². The number of hydrogen-bond acceptors (Lipinski definition) is 4. The first-order valence-electron chi connectivity index (χ1n) is 6.11. The van der Waals surface area contributed by atoms with Crippen LogP contribution in [0.5, 0.6) is 0 Å². The molecule has 0 aliphatic heterocycles. The van der Waals surface area contributed by atoms with Crippen LogP contribution in [-0.2, 0) is 0 Å². The van der Waals surface area contributed by atoms with Gasteiger partial charge in [0.15, 0.2) is 0 Å². The molecule has 96 valence electrons. The highest BCUT2D eigenvalue weighted by atomic mass is 32.1. The highest BCUT2D eigenvalue weighted by Gasteiger charge is 2.18. The van der Waals surface area contributed by atoms with Gasteiger partial charge in [-0.2, -0.15) is 0 Å². The minimum atomic E-state index is -0.628. The Labute approximate surface area is 115 Å². The molecule has 0 spiro atoms. The van der Waals surface area contributed by atoms with Crippen LogP contribution < -0.4 is 0 Å². The second-order valence-corrected chi connectivity index (χ2v) is 5.76. The van der Waals surface area contributed by atoms with Gasteiger partial charge in [0.2, 0.25) is 0 Å². The predicted octanol–water partition coefficient (Wildman–Crippen LogP) is 3.39. The van der Waals surface area contributed by atoms with Crippen molar-refractivity contribution in [3.8, 4) is 0 Å². The molecular weight excluding hydrogens is 256 g/mol. The fourth-order valence-corrected chi connectivity index (χ4v) is 3.26. The number of fused-ring (bicyclic) bond motifs is 1. The molecule has 0 radical (unpaired) electrons. The summed E-state index contributed by atoms with van der Waals surface area (Å²) in [6, 6.07) is 7.85. The lowest BCUT2D eigenvalue weighted by Crippen LogP contribution is -2.00. The zero-order valence-corrected chi connectivity index (χ0v) is 11.6. The van der Waals surface area contributed by atoms with E-state index in [0.717, 1.165) is 31.9 Å². The van der Waals surface area contributed by atoms with Crippen LogP contribution in [0.2, 0.25) is 0 Å². The van der Waals surface area contributed by atoms with Crippen molar-refractivity contribution in [3.05, 3.63) is 57.8 Å². The normalized spacial score (nSPS) is 12.8. The molecule has 19 heavy (non-hydrogen) atoms. The first-order chi connectivity index (χ1) is 9.16. The molecule has 0 aliphatic rings. The maximum Gasteiger partial charge on any atom is 0.116 e. The zero-order chi connectivity index (χ0) is 13.4. The average molecular weight is 270 g/mol. The van der Waals surface area contributed by atoms with Gasteiger partial charge in [0, 0.05) is 17.8 Å². The molecule has 1 unspecified atom stereocenters. The van der Waals surface area contributed by atoms with Crippen molar-refractivity contribution in [1.29, 1.82) is 0 Å². The lowest BCUT2D eigenvalue weighted by atomic mass is 10.0. The van der Waals surface area contributed by atoms with Gasteiger partial charge in [-0.05, 0) is 30.9 Å². The molecule has 0 saturated carbocycles. The van der Waals surface area contributed by atoms with Gasteiger partial charge >= 0.3 is 0 Å². The quantitative estimate of drug-likeness (QED) is 0.776. The third-order valence-corrected chi connectivity index (χ3v) is 4.32. The Balaban J connectivity index is 2.16. The average Bonchev–Trinajstić information content (AvgIpc) is 2.76. The van der Waals surface area contributed by atoms with Crippen molar-refractivity contribution >= 4 is 22.1 Å². The van der Waals surface area contributed by atoms with Gasteiger partial charge in [-0.1, -0.05) is 18.2 Å². The molecule has 1 aromatic carbocycles. The van der Waals surface area contributed by atoms with E-state index in [1.54, 1.807) is 17.5 Å². The van der Waals surface area contributed by atoms with Gasteiger partial charge in [0.25, 0.3) is 0 Å². The van der Waals surface area contributed by atoms with Crippen molar-refractivity contribution in [2.45, 2.75) is 20.0 Å². The number of pyridine rings is 1. The summed E-state index contributed by atoms with van der Waals surface area (Å²) >= 11 is 1.55. The molecule has 0 aliphatic carbocycles. The molecule has 2 heterocycles. The number of hydrogen-bond donors (Lipinski definition) is 1. The molecule has 0 saturated heterocycles. The van der Waals surface area contributed by atoms with Crippen molar-refractivity contribution in [1.82, 2.24) is 9.97 Å². The van der Waals surface area contributed by atoms with Crippen LogP contribution in [-0.4, -0.2) is 15.1 Å². The molecule has 0 fully saturated rings. The van der Waals surface area contributed by atoms with Gasteiger partial charge in [0.1, 0.15) is 6.10 Å². The lowest BCUT2D eigenvalue weighted by Gasteiger charge is -2.12. The lowest BCUT2D eigenvalue weighted by molar-refractivity contribution is 0.224. The van der Waals surface area contributed by atoms with Crippen LogP contribution in [0.1, 0.15) is 27.2 Å². The maximum absolute atomic E-state index is 10.6. The number of benzene rings is 1. The highest BCUT2D eigenvalue weighted by Crippen LogP contribution is 2.33. The van der Waals surface area contributed by atoms with Gasteiger partial charge < -0.3 is 5.11 Å². The molecule has 0 amide bonds. The first kappa shape index (κ1) is 12.3. The molecule has 0 bridgehead atoms. The van der Waals surface area contributed by atoms with Crippen molar-refractivity contribution < 1.29 is 5.11 Å². The van der Waals surface area contributed by atoms with Crippen LogP contribution in [0.4, 0.5) is 0 Å². The third kappa shape index (κ3) is 2.13. The van der Waals surface area contributed by atoms with Gasteiger partial charge in [-0.15, -0.1) is 11.3 Å². The topological polar surface area (TPSA) is 46.0 Å². The number of aliphatic hydroxyl groups excluding tert-OH is 1. The van der Waals surface area contributed by atoms with Crippen LogP contribution in [0.3, 0.4) is 0 Å². The van der Waals surface area contributed by atoms with E-state index < -0.39 is 6.10 Å². The van der Waals surface area contributed by atoms with E-state index >= 15 is 0 Å². The molecule has 1 N–H and O–H groups in total. The number of aryl methyl sites for hydroxylation is 2. The summed E-state index contributed by atoms with van der Waals surface area (Å²) in [4.78, 5) is 9.42. The molecule has 2 aromatic heterocycles. The summed E-state index contributed by atoms with van der Waals surface area (Å²) in [5.41, 5.74) is 1.81. The summed E-state index contributed by atoms with van der Waals surface area (Å²) in [7, 11) is 0. The summed E-state index contributed by atoms with van der Waals surface area (Å²) in [5.74, 6) is 0. The monoisotopic (exact) mass is 270 g/mol. The number of rotatable bonds is 2. The highest BCUT2D eigenvalue weighted by molar-refractivity contribution is 7.11. The summed E-state index contributed by atoms with van der Waals surface area (Å²) in [6.07, 6.45) is 2.94. The second-order valence-electron chi connectivity index (χ2n) is 4.53. The van der Waals surface area contributed by atoms with Crippen molar-refractivity contribution in [2.24, 2.45) is 0 Å². The minimum Gasteiger partial charge on any atom is -0.383 e. The SMILES string of the molecule is Cc1nc(C)c(C(O)c2cccc3cnccc23)s1. The smallest absolute Gasteiger partial charge is 0.116 e. The number of aromatic nitrogens is 2. The van der Waals surface area contributed by atoms with Crippen LogP contribution in [0, 0.1) is 13.8 Å². The maximum atomic E-state index is 10.6. The van der Waals surface area contributed by atoms with Gasteiger partial charge in [-0.25, -0.2) is 4.98 Å². The van der Waals surface area contributed by atoms with Gasteiger partial charge in [0.05, 0.1) is 15.6 Å². The summed E-state index contributed by atoms with van der Waals surface area (Å²) < 4.78 is 0. The molecule has 4 heteroatoms. The van der Waals surface area contributed by atoms with Crippen LogP contribution >= 0.6 is 11.3 Å². The Morgan fingerprint density at radius 2 is 2.05 bits per heavy atom. The predicted molar refractivity (Wildman–Crippen MR) is 77.4 cm³/mol. The third-order valence-electron chi connectivity index (χ3n) is 3.20. The molecule has 3 aromatic rings. The molecule has 3 rings (SSSR count). The van der Waals surface area contributed by atoms with Crippen LogP contribution in [0.15, 0.2) is 36.7 Å². The van der Waals surface area contributed by atoms with Gasteiger partial charge in [-0.3, -0.25) is 4.98 Å². The molecular formula is C15H14N2OS. The minimum absolute atomic E-state index is 0.628. The summed E-state index contributed by atoms with van der Waals surface area (Å²) in [5, 5.41) is 13.7. The van der Waals surface area contributed by atoms with E-state index in [9.17, 15) is 5.11 Å². The Morgan fingerprint density at radius 3 is 2.79 bits per heavy atom. The van der Waals surface area contributed by atoms with Crippen molar-refractivity contribution in [2.75, 3.05) is 0 Å². The Kier molecular flexibility index (Phi) is 3.05. The van der Waals surface area contributed by atoms with E-state index in [0.29, 0.717) is 0 Å². The number of nitrogens with zero attached hydrogens (tertiary/aromatic N) is 2. The first-order valence-corrected chi connectivity index (χ1v) is 6.93. The zero-order valence-electron chi connectivity index (χ0n) is 10.8. The van der Waals surface area contributed by atoms with Crippen molar-refractivity contribution in [3.63, 3.8) is 0 Å². The van der Waals surface area contributed by atoms with E-state index in [1.807, 2.05) is 44.3 Å². The summed E-state index contributed by atoms with van der Waals surface area (Å²) in [6.45, 7) is 3.90. The van der Waals surface area contributed by atoms with E-state index in [1.165, 1.54) is 0 Å². The van der Waals surface area contributed by atoms with E-state index in [-0.39, 0.29) is 0 Å². The number of aliphatic hydroxyl groups is 1. The number of thiazole rings is 1. The second kappa shape index (κ2) is 4.72. The fraction of sp³-hybridized carbons (Fsp3) is 0.200.